The zero-order chi connectivity index (χ0) is 24.8. The number of methoxy groups -OCH3 is 2. The van der Waals surface area contributed by atoms with Crippen molar-refractivity contribution in [3.63, 3.8) is 0 Å². The van der Waals surface area contributed by atoms with E-state index in [1.54, 1.807) is 19.2 Å². The fraction of sp³-hybridized carbons (Fsp3) is 0.519. The summed E-state index contributed by atoms with van der Waals surface area (Å²) in [6.45, 7) is 5.71. The van der Waals surface area contributed by atoms with Gasteiger partial charge in [-0.15, -0.1) is 0 Å². The maximum atomic E-state index is 14.3. The lowest BCUT2D eigenvalue weighted by Crippen LogP contribution is -2.56. The average molecular weight is 486 g/mol. The highest BCUT2D eigenvalue weighted by Crippen LogP contribution is 2.31. The van der Waals surface area contributed by atoms with E-state index in [1.807, 2.05) is 24.3 Å². The molecule has 2 heterocycles. The maximum absolute atomic E-state index is 14.3. The summed E-state index contributed by atoms with van der Waals surface area (Å²) in [7, 11) is 3.02. The molecule has 0 amide bonds. The molecule has 190 valence electrons. The number of carbonyl (C=O) groups excluding carboxylic acids is 1. The Kier molecular flexibility index (Phi) is 8.46. The summed E-state index contributed by atoms with van der Waals surface area (Å²) in [5, 5.41) is 10.4. The minimum absolute atomic E-state index is 0.174. The Bertz CT molecular complexity index is 996. The molecule has 1 N–H and O–H groups in total. The lowest BCUT2D eigenvalue weighted by molar-refractivity contribution is -0.141. The summed E-state index contributed by atoms with van der Waals surface area (Å²) < 4.78 is 24.4. The number of hydrogen-bond donors (Lipinski definition) is 1. The van der Waals surface area contributed by atoms with Crippen LogP contribution in [0.4, 0.5) is 10.1 Å². The molecule has 0 spiro atoms. The highest BCUT2D eigenvalue weighted by molar-refractivity contribution is 5.69. The van der Waals surface area contributed by atoms with E-state index in [9.17, 15) is 14.3 Å². The second-order valence-corrected chi connectivity index (χ2v) is 9.44. The molecule has 8 heteroatoms. The Morgan fingerprint density at radius 2 is 1.86 bits per heavy atom. The number of anilines is 1. The van der Waals surface area contributed by atoms with Crippen molar-refractivity contribution in [2.75, 3.05) is 58.4 Å². The third kappa shape index (κ3) is 6.24. The van der Waals surface area contributed by atoms with Gasteiger partial charge >= 0.3 is 5.97 Å². The van der Waals surface area contributed by atoms with Crippen LogP contribution in [-0.2, 0) is 16.1 Å². The fourth-order valence-corrected chi connectivity index (χ4v) is 5.46. The summed E-state index contributed by atoms with van der Waals surface area (Å²) in [5.74, 6) is 0.825. The smallest absolute Gasteiger partial charge is 0.305 e. The molecule has 0 aliphatic carbocycles. The largest absolute Gasteiger partial charge is 0.507 e. The van der Waals surface area contributed by atoms with Gasteiger partial charge in [-0.25, -0.2) is 4.39 Å². The lowest BCUT2D eigenvalue weighted by atomic mass is 9.86. The molecule has 2 fully saturated rings. The number of nitrogens with zero attached hydrogens (tertiary/aromatic N) is 3. The van der Waals surface area contributed by atoms with Crippen LogP contribution in [0.15, 0.2) is 42.5 Å². The highest BCUT2D eigenvalue weighted by Gasteiger charge is 2.35. The van der Waals surface area contributed by atoms with Gasteiger partial charge in [0.05, 0.1) is 19.9 Å². The molecular formula is C27H36FN3O4. The Morgan fingerprint density at radius 1 is 1.09 bits per heavy atom. The number of aromatic hydroxyl groups is 1. The molecule has 2 aliphatic heterocycles. The number of esters is 1. The van der Waals surface area contributed by atoms with Crippen molar-refractivity contribution in [1.29, 1.82) is 0 Å². The van der Waals surface area contributed by atoms with Gasteiger partial charge in [-0.3, -0.25) is 14.6 Å². The minimum Gasteiger partial charge on any atom is -0.507 e. The summed E-state index contributed by atoms with van der Waals surface area (Å²) in [6.07, 6.45) is 2.15. The third-order valence-corrected chi connectivity index (χ3v) is 7.39. The summed E-state index contributed by atoms with van der Waals surface area (Å²) in [5.41, 5.74) is 1.54. The Hall–Kier alpha value is -2.84. The Balaban J connectivity index is 1.40. The second-order valence-electron chi connectivity index (χ2n) is 9.44. The van der Waals surface area contributed by atoms with E-state index in [2.05, 4.69) is 14.7 Å². The van der Waals surface area contributed by atoms with Gasteiger partial charge in [0.1, 0.15) is 17.3 Å². The van der Waals surface area contributed by atoms with Gasteiger partial charge in [-0.2, -0.15) is 0 Å². The molecule has 0 unspecified atom stereocenters. The van der Waals surface area contributed by atoms with Crippen LogP contribution in [0.2, 0.25) is 0 Å². The predicted octanol–water partition coefficient (Wildman–Crippen LogP) is 3.51. The van der Waals surface area contributed by atoms with Gasteiger partial charge in [-0.05, 0) is 43.5 Å². The number of phenolic OH excluding ortho intramolecular Hbond substituents is 1. The molecule has 0 saturated carbocycles. The quantitative estimate of drug-likeness (QED) is 0.574. The molecule has 2 atom stereocenters. The van der Waals surface area contributed by atoms with Crippen LogP contribution in [0.5, 0.6) is 11.5 Å². The number of piperazine rings is 1. The van der Waals surface area contributed by atoms with Crippen LogP contribution in [0.1, 0.15) is 24.8 Å². The van der Waals surface area contributed by atoms with Gasteiger partial charge in [0.15, 0.2) is 0 Å². The number of likely N-dealkylation sites (tertiary alicyclic amines) is 1. The zero-order valence-corrected chi connectivity index (χ0v) is 20.7. The van der Waals surface area contributed by atoms with E-state index in [1.165, 1.54) is 13.2 Å². The van der Waals surface area contributed by atoms with E-state index in [4.69, 9.17) is 9.47 Å². The average Bonchev–Trinajstić information content (AvgIpc) is 2.89. The topological polar surface area (TPSA) is 65.5 Å². The standard InChI is InChI=1S/C27H36FN3O4/c1-34-22-9-7-21(26(32)17-22)19-29-12-11-24(20(18-29)8-10-27(33)35-2)30-13-15-31(16-14-30)25-6-4-3-5-23(25)28/h3-7,9,17,20,24,32H,8,10-16,18-19H2,1-2H3/t20-,24+/m0/s1. The van der Waals surface area contributed by atoms with Crippen molar-refractivity contribution in [3.05, 3.63) is 53.8 Å². The van der Waals surface area contributed by atoms with E-state index in [0.717, 1.165) is 57.7 Å². The van der Waals surface area contributed by atoms with Gasteiger partial charge in [0.2, 0.25) is 0 Å². The number of para-hydroxylation sites is 1. The number of rotatable bonds is 8. The number of phenols is 1. The first-order chi connectivity index (χ1) is 17.0. The van der Waals surface area contributed by atoms with Gasteiger partial charge < -0.3 is 19.5 Å². The van der Waals surface area contributed by atoms with E-state index < -0.39 is 0 Å². The predicted molar refractivity (Wildman–Crippen MR) is 133 cm³/mol. The number of carbonyl (C=O) groups is 1. The Morgan fingerprint density at radius 3 is 2.54 bits per heavy atom. The maximum Gasteiger partial charge on any atom is 0.305 e. The van der Waals surface area contributed by atoms with Crippen molar-refractivity contribution < 1.29 is 23.8 Å². The zero-order valence-electron chi connectivity index (χ0n) is 20.7. The van der Waals surface area contributed by atoms with Crippen LogP contribution in [0, 0.1) is 11.7 Å². The molecule has 4 rings (SSSR count). The molecule has 35 heavy (non-hydrogen) atoms. The second kappa shape index (κ2) is 11.7. The lowest BCUT2D eigenvalue weighted by Gasteiger charge is -2.47. The van der Waals surface area contributed by atoms with Gasteiger partial charge in [0, 0.05) is 63.4 Å². The molecule has 2 aromatic rings. The minimum atomic E-state index is -0.182. The first kappa shape index (κ1) is 25.3. The van der Waals surface area contributed by atoms with E-state index >= 15 is 0 Å². The number of halogens is 1. The third-order valence-electron chi connectivity index (χ3n) is 7.39. The van der Waals surface area contributed by atoms with Crippen LogP contribution < -0.4 is 9.64 Å². The van der Waals surface area contributed by atoms with Crippen LogP contribution in [0.25, 0.3) is 0 Å². The van der Waals surface area contributed by atoms with Crippen LogP contribution in [0.3, 0.4) is 0 Å². The first-order valence-corrected chi connectivity index (χ1v) is 12.4. The molecule has 2 aliphatic rings. The molecular weight excluding hydrogens is 449 g/mol. The van der Waals surface area contributed by atoms with Gasteiger partial charge in [0.25, 0.3) is 0 Å². The number of hydrogen-bond acceptors (Lipinski definition) is 7. The fourth-order valence-electron chi connectivity index (χ4n) is 5.46. The normalized spacial score (nSPS) is 21.6. The summed E-state index contributed by atoms with van der Waals surface area (Å²) in [4.78, 5) is 18.9. The number of piperidine rings is 1. The Labute approximate surface area is 207 Å². The number of ether oxygens (including phenoxy) is 2. The highest BCUT2D eigenvalue weighted by atomic mass is 19.1. The van der Waals surface area contributed by atoms with Crippen molar-refractivity contribution in [2.24, 2.45) is 5.92 Å². The molecule has 2 saturated heterocycles. The SMILES string of the molecule is COC(=O)CC[C@H]1CN(Cc2ccc(OC)cc2O)CC[C@H]1N1CCN(c2ccccc2F)CC1. The van der Waals surface area contributed by atoms with Gasteiger partial charge in [-0.1, -0.05) is 18.2 Å². The van der Waals surface area contributed by atoms with E-state index in [0.29, 0.717) is 36.4 Å². The summed E-state index contributed by atoms with van der Waals surface area (Å²) in [6, 6.07) is 12.7. The van der Waals surface area contributed by atoms with Crippen LogP contribution >= 0.6 is 0 Å². The van der Waals surface area contributed by atoms with Crippen LogP contribution in [-0.4, -0.2) is 80.4 Å². The van der Waals surface area contributed by atoms with Crippen molar-refractivity contribution in [1.82, 2.24) is 9.80 Å². The van der Waals surface area contributed by atoms with Crippen molar-refractivity contribution >= 4 is 11.7 Å². The molecule has 0 aromatic heterocycles. The van der Waals surface area contributed by atoms with Crippen molar-refractivity contribution in [2.45, 2.75) is 31.8 Å². The summed E-state index contributed by atoms with van der Waals surface area (Å²) >= 11 is 0. The molecule has 0 bridgehead atoms. The monoisotopic (exact) mass is 485 g/mol. The molecule has 0 radical (unpaired) electrons. The molecule has 7 nitrogen and oxygen atoms in total. The number of benzene rings is 2. The molecule has 2 aromatic carbocycles. The first-order valence-electron chi connectivity index (χ1n) is 12.4. The van der Waals surface area contributed by atoms with Crippen molar-refractivity contribution in [3.8, 4) is 11.5 Å². The van der Waals surface area contributed by atoms with E-state index in [-0.39, 0.29) is 17.5 Å².